The molecule has 1 fully saturated rings. The van der Waals surface area contributed by atoms with E-state index in [2.05, 4.69) is 15.1 Å². The molecule has 0 saturated carbocycles. The Bertz CT molecular complexity index is 1280. The zero-order valence-electron chi connectivity index (χ0n) is 15.2. The monoisotopic (exact) mass is 394 g/mol. The van der Waals surface area contributed by atoms with E-state index in [-0.39, 0.29) is 17.2 Å². The normalized spacial score (nSPS) is 16.6. The van der Waals surface area contributed by atoms with Gasteiger partial charge in [-0.05, 0) is 49.2 Å². The van der Waals surface area contributed by atoms with E-state index in [1.165, 1.54) is 28.9 Å². The molecule has 8 heteroatoms. The molecule has 6 nitrogen and oxygen atoms in total. The molecule has 2 aromatic carbocycles. The van der Waals surface area contributed by atoms with Crippen LogP contribution in [0.5, 0.6) is 0 Å². The minimum absolute atomic E-state index is 0.123. The van der Waals surface area contributed by atoms with E-state index in [1.54, 1.807) is 24.3 Å². The predicted octanol–water partition coefficient (Wildman–Crippen LogP) is 3.91. The van der Waals surface area contributed by atoms with Crippen molar-refractivity contribution >= 4 is 10.9 Å². The van der Waals surface area contributed by atoms with Crippen LogP contribution in [0, 0.1) is 11.6 Å². The fourth-order valence-corrected chi connectivity index (χ4v) is 3.57. The van der Waals surface area contributed by atoms with Crippen LogP contribution in [0.3, 0.4) is 0 Å². The fourth-order valence-electron chi connectivity index (χ4n) is 3.57. The van der Waals surface area contributed by atoms with E-state index in [0.29, 0.717) is 34.9 Å². The lowest BCUT2D eigenvalue weighted by Gasteiger charge is -2.08. The van der Waals surface area contributed by atoms with Crippen LogP contribution in [0.15, 0.2) is 53.3 Å². The first-order valence-corrected chi connectivity index (χ1v) is 9.26. The number of rotatable bonds is 3. The van der Waals surface area contributed by atoms with Crippen molar-refractivity contribution in [1.29, 1.82) is 0 Å². The summed E-state index contributed by atoms with van der Waals surface area (Å²) < 4.78 is 35.7. The zero-order chi connectivity index (χ0) is 20.0. The molecule has 0 spiro atoms. The van der Waals surface area contributed by atoms with Crippen LogP contribution in [0.25, 0.3) is 28.0 Å². The largest absolute Gasteiger partial charge is 0.370 e. The first-order chi connectivity index (χ1) is 14.1. The molecule has 1 saturated heterocycles. The van der Waals surface area contributed by atoms with Gasteiger partial charge in [-0.25, -0.2) is 18.4 Å². The van der Waals surface area contributed by atoms with Gasteiger partial charge in [0.15, 0.2) is 11.6 Å². The van der Waals surface area contributed by atoms with Gasteiger partial charge in [0.1, 0.15) is 17.7 Å². The summed E-state index contributed by atoms with van der Waals surface area (Å²) >= 11 is 0. The Labute approximate surface area is 163 Å². The summed E-state index contributed by atoms with van der Waals surface area (Å²) in [6, 6.07) is 11.8. The van der Waals surface area contributed by atoms with Gasteiger partial charge in [-0.3, -0.25) is 4.79 Å². The second-order valence-corrected chi connectivity index (χ2v) is 6.93. The predicted molar refractivity (Wildman–Crippen MR) is 103 cm³/mol. The summed E-state index contributed by atoms with van der Waals surface area (Å²) in [6.07, 6.45) is 1.46. The van der Waals surface area contributed by atoms with Gasteiger partial charge < -0.3 is 9.72 Å². The van der Waals surface area contributed by atoms with Crippen LogP contribution in [-0.4, -0.2) is 26.4 Å². The maximum absolute atomic E-state index is 14.7. The number of nitrogens with zero attached hydrogens (tertiary/aromatic N) is 3. The molecule has 3 heterocycles. The quantitative estimate of drug-likeness (QED) is 0.572. The first-order valence-electron chi connectivity index (χ1n) is 9.26. The van der Waals surface area contributed by atoms with Crippen molar-refractivity contribution in [2.75, 3.05) is 6.61 Å². The van der Waals surface area contributed by atoms with E-state index in [0.717, 1.165) is 12.8 Å². The third-order valence-corrected chi connectivity index (χ3v) is 4.94. The van der Waals surface area contributed by atoms with Crippen LogP contribution in [0.1, 0.15) is 24.8 Å². The molecule has 0 bridgehead atoms. The van der Waals surface area contributed by atoms with Gasteiger partial charge in [-0.1, -0.05) is 6.07 Å². The van der Waals surface area contributed by atoms with E-state index >= 15 is 0 Å². The van der Waals surface area contributed by atoms with Crippen molar-refractivity contribution in [2.24, 2.45) is 0 Å². The molecule has 29 heavy (non-hydrogen) atoms. The molecule has 2 aromatic heterocycles. The third kappa shape index (κ3) is 3.21. The molecule has 0 radical (unpaired) electrons. The number of pyridine rings is 1. The lowest BCUT2D eigenvalue weighted by Crippen LogP contribution is -2.05. The summed E-state index contributed by atoms with van der Waals surface area (Å²) in [4.78, 5) is 18.6. The second kappa shape index (κ2) is 6.89. The summed E-state index contributed by atoms with van der Waals surface area (Å²) in [6.45, 7) is 0.631. The fraction of sp³-hybridized carbons (Fsp3) is 0.190. The Morgan fingerprint density at radius 2 is 2.03 bits per heavy atom. The summed E-state index contributed by atoms with van der Waals surface area (Å²) in [5, 5.41) is 5.06. The summed E-state index contributed by atoms with van der Waals surface area (Å²) in [5.74, 6) is -0.149. The average Bonchev–Trinajstić information content (AvgIpc) is 3.38. The molecule has 146 valence electrons. The van der Waals surface area contributed by atoms with Crippen molar-refractivity contribution in [3.8, 4) is 17.1 Å². The van der Waals surface area contributed by atoms with E-state index in [4.69, 9.17) is 4.74 Å². The Balaban J connectivity index is 1.72. The number of hydrogen-bond acceptors (Lipinski definition) is 4. The molecule has 5 rings (SSSR count). The van der Waals surface area contributed by atoms with Crippen LogP contribution in [-0.2, 0) is 4.74 Å². The first kappa shape index (κ1) is 17.7. The van der Waals surface area contributed by atoms with Crippen LogP contribution < -0.4 is 5.56 Å². The summed E-state index contributed by atoms with van der Waals surface area (Å²) in [7, 11) is 0. The SMILES string of the molecule is O=c1ccc2cc(-c3nc(C4CCCO4)nn3-c3cccc(F)c3)cc(F)c2[nH]1. The number of aromatic amines is 1. The minimum atomic E-state index is -0.581. The van der Waals surface area contributed by atoms with Gasteiger partial charge in [-0.2, -0.15) is 0 Å². The smallest absolute Gasteiger partial charge is 0.248 e. The van der Waals surface area contributed by atoms with Crippen molar-refractivity contribution in [1.82, 2.24) is 19.7 Å². The van der Waals surface area contributed by atoms with Gasteiger partial charge in [-0.15, -0.1) is 5.10 Å². The number of aromatic nitrogens is 4. The maximum atomic E-state index is 14.7. The molecule has 1 unspecified atom stereocenters. The molecule has 1 aliphatic heterocycles. The minimum Gasteiger partial charge on any atom is -0.370 e. The van der Waals surface area contributed by atoms with Gasteiger partial charge >= 0.3 is 0 Å². The molecule has 0 aliphatic carbocycles. The number of benzene rings is 2. The Morgan fingerprint density at radius 1 is 1.14 bits per heavy atom. The van der Waals surface area contributed by atoms with E-state index < -0.39 is 11.6 Å². The van der Waals surface area contributed by atoms with E-state index in [1.807, 2.05) is 0 Å². The topological polar surface area (TPSA) is 72.8 Å². The van der Waals surface area contributed by atoms with Gasteiger partial charge in [0.05, 0.1) is 11.2 Å². The molecule has 0 amide bonds. The van der Waals surface area contributed by atoms with Crippen molar-refractivity contribution in [2.45, 2.75) is 18.9 Å². The number of halogens is 2. The Hall–Kier alpha value is -3.39. The highest BCUT2D eigenvalue weighted by atomic mass is 19.1. The Morgan fingerprint density at radius 3 is 2.83 bits per heavy atom. The number of ether oxygens (including phenoxy) is 1. The molecule has 1 atom stereocenters. The highest BCUT2D eigenvalue weighted by molar-refractivity contribution is 5.84. The zero-order valence-corrected chi connectivity index (χ0v) is 15.2. The number of nitrogens with one attached hydrogen (secondary N) is 1. The van der Waals surface area contributed by atoms with E-state index in [9.17, 15) is 13.6 Å². The number of hydrogen-bond donors (Lipinski definition) is 1. The lowest BCUT2D eigenvalue weighted by molar-refractivity contribution is 0.105. The number of H-pyrrole nitrogens is 1. The van der Waals surface area contributed by atoms with Crippen LogP contribution in [0.2, 0.25) is 0 Å². The van der Waals surface area contributed by atoms with Gasteiger partial charge in [0.25, 0.3) is 0 Å². The molecule has 4 aromatic rings. The number of fused-ring (bicyclic) bond motifs is 1. The molecular weight excluding hydrogens is 378 g/mol. The average molecular weight is 394 g/mol. The van der Waals surface area contributed by atoms with Crippen molar-refractivity contribution in [3.63, 3.8) is 0 Å². The van der Waals surface area contributed by atoms with Crippen LogP contribution >= 0.6 is 0 Å². The lowest BCUT2D eigenvalue weighted by atomic mass is 10.1. The van der Waals surface area contributed by atoms with Gasteiger partial charge in [0, 0.05) is 23.6 Å². The highest BCUT2D eigenvalue weighted by Crippen LogP contribution is 2.31. The molecule has 1 aliphatic rings. The molecular formula is C21H16F2N4O2. The molecule has 1 N–H and O–H groups in total. The summed E-state index contributed by atoms with van der Waals surface area (Å²) in [5.41, 5.74) is 0.673. The third-order valence-electron chi connectivity index (χ3n) is 4.94. The highest BCUT2D eigenvalue weighted by Gasteiger charge is 2.25. The Kier molecular flexibility index (Phi) is 4.21. The standard InChI is InChI=1S/C21H16F2N4O2/c22-14-3-1-4-15(11-14)27-21(25-20(26-27)17-5-2-8-29-17)13-9-12-6-7-18(28)24-19(12)16(23)10-13/h1,3-4,6-7,9-11,17H,2,5,8H2,(H,24,28). The van der Waals surface area contributed by atoms with Crippen LogP contribution in [0.4, 0.5) is 8.78 Å². The van der Waals surface area contributed by atoms with Gasteiger partial charge in [0.2, 0.25) is 5.56 Å². The second-order valence-electron chi connectivity index (χ2n) is 6.93. The van der Waals surface area contributed by atoms with Crippen molar-refractivity contribution in [3.05, 3.63) is 76.3 Å². The van der Waals surface area contributed by atoms with Crippen molar-refractivity contribution < 1.29 is 13.5 Å². The maximum Gasteiger partial charge on any atom is 0.248 e.